The van der Waals surface area contributed by atoms with Crippen molar-refractivity contribution in [3.05, 3.63) is 66.1 Å². The van der Waals surface area contributed by atoms with Gasteiger partial charge in [-0.15, -0.1) is 0 Å². The first kappa shape index (κ1) is 29.4. The number of ether oxygens (including phenoxy) is 1. The second kappa shape index (κ2) is 15.2. The summed E-state index contributed by atoms with van der Waals surface area (Å²) < 4.78 is 19.5. The number of aliphatic carboxylic acids is 1. The van der Waals surface area contributed by atoms with Crippen LogP contribution in [0.3, 0.4) is 0 Å². The van der Waals surface area contributed by atoms with Gasteiger partial charge in [-0.05, 0) is 56.7 Å². The number of fused-ring (bicyclic) bond motifs is 1. The van der Waals surface area contributed by atoms with Crippen LogP contribution in [0.25, 0.3) is 11.3 Å². The lowest BCUT2D eigenvalue weighted by molar-refractivity contribution is -0.138. The van der Waals surface area contributed by atoms with Gasteiger partial charge in [0, 0.05) is 38.0 Å². The maximum absolute atomic E-state index is 14.5. The largest absolute Gasteiger partial charge is 0.480 e. The Kier molecular flexibility index (Phi) is 11.2. The maximum Gasteiger partial charge on any atom is 0.326 e. The van der Waals surface area contributed by atoms with E-state index in [1.54, 1.807) is 6.20 Å². The fourth-order valence-electron chi connectivity index (χ4n) is 4.89. The van der Waals surface area contributed by atoms with Crippen LogP contribution in [0.1, 0.15) is 36.9 Å². The first-order valence-corrected chi connectivity index (χ1v) is 14.0. The van der Waals surface area contributed by atoms with E-state index < -0.39 is 18.2 Å². The van der Waals surface area contributed by atoms with Crippen molar-refractivity contribution in [2.75, 3.05) is 50.5 Å². The van der Waals surface area contributed by atoms with Crippen LogP contribution in [0.5, 0.6) is 0 Å². The SMILES string of the molecule is COC[C@@H](F)CN(CCCCc1ccc2c(n1)NCCC2)CCC(Nc1cncc(-c2ccccc2)n1)C(=O)O. The summed E-state index contributed by atoms with van der Waals surface area (Å²) in [7, 11) is 1.48. The molecule has 2 aromatic heterocycles. The zero-order valence-electron chi connectivity index (χ0n) is 23.1. The van der Waals surface area contributed by atoms with E-state index in [1.807, 2.05) is 35.2 Å². The summed E-state index contributed by atoms with van der Waals surface area (Å²) in [6.45, 7) is 2.22. The van der Waals surface area contributed by atoms with Gasteiger partial charge in [0.1, 0.15) is 23.8 Å². The third-order valence-electron chi connectivity index (χ3n) is 6.97. The van der Waals surface area contributed by atoms with Gasteiger partial charge < -0.3 is 25.4 Å². The Morgan fingerprint density at radius 3 is 2.80 bits per heavy atom. The molecule has 2 atom stereocenters. The molecule has 1 unspecified atom stereocenters. The van der Waals surface area contributed by atoms with Crippen molar-refractivity contribution in [1.82, 2.24) is 19.9 Å². The van der Waals surface area contributed by atoms with Crippen LogP contribution < -0.4 is 10.6 Å². The number of carbonyl (C=O) groups is 1. The number of nitrogens with one attached hydrogen (secondary N) is 2. The number of rotatable bonds is 16. The van der Waals surface area contributed by atoms with Gasteiger partial charge >= 0.3 is 5.97 Å². The summed E-state index contributed by atoms with van der Waals surface area (Å²) in [4.78, 5) is 27.6. The van der Waals surface area contributed by atoms with Crippen LogP contribution in [0.2, 0.25) is 0 Å². The fraction of sp³-hybridized carbons (Fsp3) is 0.467. The molecule has 0 radical (unpaired) electrons. The minimum atomic E-state index is -1.15. The molecule has 0 bridgehead atoms. The van der Waals surface area contributed by atoms with E-state index in [2.05, 4.69) is 32.7 Å². The Morgan fingerprint density at radius 2 is 2.00 bits per heavy atom. The molecule has 0 fully saturated rings. The average molecular weight is 551 g/mol. The molecule has 3 N–H and O–H groups in total. The lowest BCUT2D eigenvalue weighted by Gasteiger charge is -2.26. The minimum absolute atomic E-state index is 0.00498. The van der Waals surface area contributed by atoms with Crippen molar-refractivity contribution in [2.45, 2.75) is 50.7 Å². The molecule has 3 aromatic rings. The number of hydrogen-bond acceptors (Lipinski definition) is 8. The summed E-state index contributed by atoms with van der Waals surface area (Å²) in [5.74, 6) is 0.388. The number of methoxy groups -OCH3 is 1. The van der Waals surface area contributed by atoms with Crippen molar-refractivity contribution >= 4 is 17.6 Å². The molecule has 4 rings (SSSR count). The highest BCUT2D eigenvalue weighted by atomic mass is 19.1. The monoisotopic (exact) mass is 550 g/mol. The van der Waals surface area contributed by atoms with E-state index in [0.717, 1.165) is 55.7 Å². The fourth-order valence-corrected chi connectivity index (χ4v) is 4.89. The number of alkyl halides is 1. The first-order chi connectivity index (χ1) is 19.5. The predicted octanol–water partition coefficient (Wildman–Crippen LogP) is 4.46. The van der Waals surface area contributed by atoms with Crippen molar-refractivity contribution in [3.63, 3.8) is 0 Å². The highest BCUT2D eigenvalue weighted by Crippen LogP contribution is 2.21. The van der Waals surface area contributed by atoms with Crippen LogP contribution in [0.15, 0.2) is 54.9 Å². The number of carboxylic acids is 1. The number of halogens is 1. The number of carboxylic acid groups (broad SMARTS) is 1. The van der Waals surface area contributed by atoms with Crippen LogP contribution >= 0.6 is 0 Å². The number of aryl methyl sites for hydroxylation is 2. The lowest BCUT2D eigenvalue weighted by atomic mass is 10.1. The van der Waals surface area contributed by atoms with Gasteiger partial charge in [0.2, 0.25) is 0 Å². The third-order valence-corrected chi connectivity index (χ3v) is 6.97. The second-order valence-electron chi connectivity index (χ2n) is 10.1. The van der Waals surface area contributed by atoms with Gasteiger partial charge in [0.25, 0.3) is 0 Å². The zero-order chi connectivity index (χ0) is 28.2. The lowest BCUT2D eigenvalue weighted by Crippen LogP contribution is -2.38. The van der Waals surface area contributed by atoms with Crippen molar-refractivity contribution < 1.29 is 19.0 Å². The number of hydrogen-bond donors (Lipinski definition) is 3. The second-order valence-corrected chi connectivity index (χ2v) is 10.1. The van der Waals surface area contributed by atoms with Gasteiger partial charge in [-0.3, -0.25) is 4.98 Å². The Morgan fingerprint density at radius 1 is 1.15 bits per heavy atom. The average Bonchev–Trinajstić information content (AvgIpc) is 2.97. The van der Waals surface area contributed by atoms with Crippen molar-refractivity contribution in [1.29, 1.82) is 0 Å². The molecule has 1 aliphatic heterocycles. The summed E-state index contributed by atoms with van der Waals surface area (Å²) in [5, 5.41) is 16.3. The van der Waals surface area contributed by atoms with Crippen LogP contribution in [0, 0.1) is 0 Å². The van der Waals surface area contributed by atoms with E-state index in [1.165, 1.54) is 18.9 Å². The summed E-state index contributed by atoms with van der Waals surface area (Å²) in [6.07, 6.45) is 7.09. The zero-order valence-corrected chi connectivity index (χ0v) is 23.1. The molecular formula is C30H39FN6O3. The van der Waals surface area contributed by atoms with Crippen molar-refractivity contribution in [3.8, 4) is 11.3 Å². The van der Waals surface area contributed by atoms with E-state index in [-0.39, 0.29) is 19.6 Å². The van der Waals surface area contributed by atoms with Crippen LogP contribution in [-0.2, 0) is 22.4 Å². The number of benzene rings is 1. The first-order valence-electron chi connectivity index (χ1n) is 14.0. The number of nitrogens with zero attached hydrogens (tertiary/aromatic N) is 4. The van der Waals surface area contributed by atoms with Gasteiger partial charge in [-0.25, -0.2) is 19.2 Å². The molecule has 9 nitrogen and oxygen atoms in total. The topological polar surface area (TPSA) is 113 Å². The molecule has 214 valence electrons. The highest BCUT2D eigenvalue weighted by Gasteiger charge is 2.21. The molecule has 0 aliphatic carbocycles. The molecule has 3 heterocycles. The molecule has 10 heteroatoms. The molecule has 0 saturated heterocycles. The molecule has 0 spiro atoms. The molecule has 0 amide bonds. The van der Waals surface area contributed by atoms with Gasteiger partial charge in [0.15, 0.2) is 0 Å². The quantitative estimate of drug-likeness (QED) is 0.223. The summed E-state index contributed by atoms with van der Waals surface area (Å²) in [5.41, 5.74) is 3.87. The Balaban J connectivity index is 1.32. The number of unbranched alkanes of at least 4 members (excludes halogenated alkanes) is 1. The van der Waals surface area contributed by atoms with Gasteiger partial charge in [-0.1, -0.05) is 36.4 Å². The molecule has 40 heavy (non-hydrogen) atoms. The Labute approximate surface area is 235 Å². The summed E-state index contributed by atoms with van der Waals surface area (Å²) >= 11 is 0. The van der Waals surface area contributed by atoms with Gasteiger partial charge in [-0.2, -0.15) is 0 Å². The van der Waals surface area contributed by atoms with Crippen molar-refractivity contribution in [2.24, 2.45) is 0 Å². The third kappa shape index (κ3) is 8.96. The van der Waals surface area contributed by atoms with E-state index >= 15 is 0 Å². The molecule has 0 saturated carbocycles. The van der Waals surface area contributed by atoms with Crippen LogP contribution in [0.4, 0.5) is 16.0 Å². The highest BCUT2D eigenvalue weighted by molar-refractivity contribution is 5.77. The number of anilines is 2. The van der Waals surface area contributed by atoms with Crippen LogP contribution in [-0.4, -0.2) is 83.0 Å². The minimum Gasteiger partial charge on any atom is -0.480 e. The summed E-state index contributed by atoms with van der Waals surface area (Å²) in [6, 6.07) is 12.9. The normalized spacial score (nSPS) is 14.3. The predicted molar refractivity (Wildman–Crippen MR) is 154 cm³/mol. The smallest absolute Gasteiger partial charge is 0.326 e. The number of pyridine rings is 1. The number of aromatic nitrogens is 3. The van der Waals surface area contributed by atoms with Gasteiger partial charge in [0.05, 0.1) is 24.7 Å². The van der Waals surface area contributed by atoms with E-state index in [4.69, 9.17) is 9.72 Å². The van der Waals surface area contributed by atoms with E-state index in [9.17, 15) is 14.3 Å². The Hall–Kier alpha value is -3.63. The maximum atomic E-state index is 14.5. The molecular weight excluding hydrogens is 511 g/mol. The standard InChI is InChI=1S/C30H39FN6O3/c1-40-21-24(31)20-37(16-6-5-11-25-13-12-23-10-7-15-33-29(23)34-25)17-14-26(30(38)39)35-28-19-32-18-27(36-28)22-8-3-2-4-9-22/h2-4,8-9,12-13,18-19,24,26H,5-7,10-11,14-17,20-21H2,1H3,(H,33,34)(H,35,36)(H,38,39)/t24-,26?/m0/s1. The Bertz CT molecular complexity index is 1220. The molecule has 1 aromatic carbocycles. The molecule has 1 aliphatic rings. The van der Waals surface area contributed by atoms with E-state index in [0.29, 0.717) is 24.6 Å².